The Morgan fingerprint density at radius 2 is 1.24 bits per heavy atom. The Labute approximate surface area is 476 Å². The van der Waals surface area contributed by atoms with Crippen LogP contribution in [-0.2, 0) is 51.0 Å². The van der Waals surface area contributed by atoms with E-state index < -0.39 is 38.4 Å². The number of nitrogens with two attached hydrogens (primary N) is 1. The number of likely N-dealkylation sites (N-methyl/N-ethyl adjacent to an activating group) is 1. The Morgan fingerprint density at radius 3 is 1.82 bits per heavy atom. The van der Waals surface area contributed by atoms with Crippen LogP contribution >= 0.6 is 7.82 Å². The summed E-state index contributed by atoms with van der Waals surface area (Å²) in [5.41, 5.74) is 9.77. The standard InChI is InChI=1S/C61H94N7O11P/c1-7-9-11-13-14-15-16-17-18-19-20-21-22-23-24-28-32-57(69)76-46-49(48-79-80(73,74)78-43-41-68(4,5)6)47-77-58(70)39-40-67(53-30-26-25-27-31-53)60(71)51-35-38-55-54(44-51)64-56(66(55)3)45-63-52-36-33-50(34-37-52)59(62)65-61(72)75-42-29-12-10-8-2/h25-27,30-31,33-38,44,49H,7-24,28-29,32,39-43,45-48H2,1-6H3,(H3-,62,63,65,72,73,74). The van der Waals surface area contributed by atoms with Crippen LogP contribution in [0.3, 0.4) is 0 Å². The largest absolute Gasteiger partial charge is 0.756 e. The molecule has 0 saturated heterocycles. The van der Waals surface area contributed by atoms with Gasteiger partial charge in [-0.15, -0.1) is 0 Å². The van der Waals surface area contributed by atoms with Gasteiger partial charge < -0.3 is 53.2 Å². The van der Waals surface area contributed by atoms with Gasteiger partial charge in [0.2, 0.25) is 0 Å². The summed E-state index contributed by atoms with van der Waals surface area (Å²) in [4.78, 5) is 75.7. The van der Waals surface area contributed by atoms with Gasteiger partial charge >= 0.3 is 18.0 Å². The molecule has 444 valence electrons. The van der Waals surface area contributed by atoms with Crippen molar-refractivity contribution in [1.82, 2.24) is 9.55 Å². The summed E-state index contributed by atoms with van der Waals surface area (Å²) in [5, 5.41) is 3.36. The van der Waals surface area contributed by atoms with Gasteiger partial charge in [0, 0.05) is 42.5 Å². The third-order valence-electron chi connectivity index (χ3n) is 13.8. The number of amidine groups is 1. The number of fused-ring (bicyclic) bond motifs is 1. The van der Waals surface area contributed by atoms with Gasteiger partial charge in [-0.2, -0.15) is 4.99 Å². The summed E-state index contributed by atoms with van der Waals surface area (Å²) in [5.74, 6) is -1.48. The maximum absolute atomic E-state index is 14.3. The first-order valence-corrected chi connectivity index (χ1v) is 30.8. The maximum Gasteiger partial charge on any atom is 0.435 e. The molecule has 0 spiro atoms. The van der Waals surface area contributed by atoms with Crippen molar-refractivity contribution in [2.45, 2.75) is 162 Å². The van der Waals surface area contributed by atoms with E-state index in [2.05, 4.69) is 24.2 Å². The summed E-state index contributed by atoms with van der Waals surface area (Å²) >= 11 is 0. The molecule has 19 heteroatoms. The zero-order chi connectivity index (χ0) is 58.0. The van der Waals surface area contributed by atoms with Gasteiger partial charge in [0.15, 0.2) is 0 Å². The zero-order valence-electron chi connectivity index (χ0n) is 49.0. The lowest BCUT2D eigenvalue weighted by Crippen LogP contribution is -2.37. The number of unbranched alkanes of at least 4 members (excludes halogenated alkanes) is 18. The normalized spacial score (nSPS) is 13.0. The van der Waals surface area contributed by atoms with Crippen molar-refractivity contribution in [3.63, 3.8) is 0 Å². The number of para-hydroxylation sites is 1. The molecule has 0 saturated carbocycles. The number of nitrogens with one attached hydrogen (secondary N) is 1. The summed E-state index contributed by atoms with van der Waals surface area (Å²) in [6.07, 6.45) is 22.8. The second kappa shape index (κ2) is 37.4. The molecule has 4 rings (SSSR count). The molecule has 1 heterocycles. The van der Waals surface area contributed by atoms with E-state index in [1.165, 1.54) is 81.9 Å². The molecule has 2 atom stereocenters. The Morgan fingerprint density at radius 1 is 0.688 bits per heavy atom. The molecule has 3 aromatic carbocycles. The highest BCUT2D eigenvalue weighted by Crippen LogP contribution is 2.38. The smallest absolute Gasteiger partial charge is 0.435 e. The first-order chi connectivity index (χ1) is 38.5. The van der Waals surface area contributed by atoms with Gasteiger partial charge in [-0.05, 0) is 67.4 Å². The number of phosphoric ester groups is 1. The van der Waals surface area contributed by atoms with Gasteiger partial charge in [-0.3, -0.25) is 18.9 Å². The minimum atomic E-state index is -4.73. The number of hydrogen-bond donors (Lipinski definition) is 2. The van der Waals surface area contributed by atoms with E-state index in [1.807, 2.05) is 57.0 Å². The van der Waals surface area contributed by atoms with E-state index in [1.54, 1.807) is 48.5 Å². The van der Waals surface area contributed by atoms with Gasteiger partial charge in [0.1, 0.15) is 24.8 Å². The first kappa shape index (κ1) is 66.9. The number of hydrogen-bond acceptors (Lipinski definition) is 13. The van der Waals surface area contributed by atoms with Gasteiger partial charge in [0.25, 0.3) is 13.7 Å². The molecule has 0 aliphatic rings. The highest BCUT2D eigenvalue weighted by atomic mass is 31.2. The van der Waals surface area contributed by atoms with E-state index in [-0.39, 0.29) is 50.9 Å². The topological polar surface area (TPSA) is 226 Å². The second-order valence-electron chi connectivity index (χ2n) is 21.8. The number of quaternary nitrogens is 1. The highest BCUT2D eigenvalue weighted by molar-refractivity contribution is 7.45. The third-order valence-corrected chi connectivity index (χ3v) is 14.8. The van der Waals surface area contributed by atoms with Crippen molar-refractivity contribution in [2.24, 2.45) is 23.7 Å². The number of aliphatic imine (C=N–C) groups is 1. The minimum absolute atomic E-state index is 0.0397. The van der Waals surface area contributed by atoms with E-state index in [0.717, 1.165) is 56.1 Å². The summed E-state index contributed by atoms with van der Waals surface area (Å²) in [6, 6.07) is 21.4. The number of phosphoric acid groups is 1. The number of anilines is 2. The molecule has 1 aromatic heterocycles. The fourth-order valence-electron chi connectivity index (χ4n) is 8.87. The minimum Gasteiger partial charge on any atom is -0.756 e. The van der Waals surface area contributed by atoms with E-state index in [4.69, 9.17) is 34.0 Å². The van der Waals surface area contributed by atoms with Crippen molar-refractivity contribution in [3.05, 3.63) is 89.7 Å². The quantitative estimate of drug-likeness (QED) is 0.00801. The van der Waals surface area contributed by atoms with E-state index in [0.29, 0.717) is 58.8 Å². The molecule has 0 aliphatic heterocycles. The predicted octanol–water partition coefficient (Wildman–Crippen LogP) is 12.2. The predicted molar refractivity (Wildman–Crippen MR) is 315 cm³/mol. The first-order valence-electron chi connectivity index (χ1n) is 29.4. The number of imidazole rings is 1. The monoisotopic (exact) mass is 1130 g/mol. The van der Waals surface area contributed by atoms with Crippen LogP contribution in [0.2, 0.25) is 0 Å². The van der Waals surface area contributed by atoms with Crippen LogP contribution < -0.4 is 20.8 Å². The average molecular weight is 1130 g/mol. The number of esters is 2. The zero-order valence-corrected chi connectivity index (χ0v) is 49.9. The lowest BCUT2D eigenvalue weighted by molar-refractivity contribution is -0.870. The van der Waals surface area contributed by atoms with Crippen molar-refractivity contribution in [3.8, 4) is 0 Å². The lowest BCUT2D eigenvalue weighted by Gasteiger charge is -2.28. The number of amides is 2. The molecule has 0 aliphatic carbocycles. The van der Waals surface area contributed by atoms with E-state index in [9.17, 15) is 28.6 Å². The Balaban J connectivity index is 1.29. The van der Waals surface area contributed by atoms with Gasteiger partial charge in [0.05, 0.1) is 77.5 Å². The molecular weight excluding hydrogens is 1040 g/mol. The number of nitrogens with zero attached hydrogens (tertiary/aromatic N) is 5. The molecule has 3 N–H and O–H groups in total. The lowest BCUT2D eigenvalue weighted by atomic mass is 10.0. The van der Waals surface area contributed by atoms with Crippen LogP contribution in [0.1, 0.15) is 177 Å². The van der Waals surface area contributed by atoms with Gasteiger partial charge in [-0.25, -0.2) is 9.78 Å². The number of rotatable bonds is 42. The Kier molecular flexibility index (Phi) is 31.2. The van der Waals surface area contributed by atoms with Crippen LogP contribution in [0.25, 0.3) is 11.0 Å². The molecule has 2 amide bonds. The SMILES string of the molecule is CCCCCCCCCCCCCCCCCCC(=O)OCC(COC(=O)CCN(C(=O)c1ccc2c(c1)nc(CNc1ccc(/C(N)=N/C(=O)OCCCCCC)cc1)n2C)c1ccccc1)COP(=O)([O-])OCC[N+](C)(C)C. The van der Waals surface area contributed by atoms with Crippen LogP contribution in [0.5, 0.6) is 0 Å². The Hall–Kier alpha value is -5.65. The maximum atomic E-state index is 14.3. The summed E-state index contributed by atoms with van der Waals surface area (Å²) < 4.78 is 41.8. The number of aromatic nitrogens is 2. The molecule has 2 unspecified atom stereocenters. The van der Waals surface area contributed by atoms with Crippen molar-refractivity contribution in [1.29, 1.82) is 0 Å². The van der Waals surface area contributed by atoms with Crippen LogP contribution in [0.15, 0.2) is 77.8 Å². The third kappa shape index (κ3) is 27.2. The second-order valence-corrected chi connectivity index (χ2v) is 23.2. The fraction of sp³-hybridized carbons (Fsp3) is 0.607. The van der Waals surface area contributed by atoms with Crippen LogP contribution in [-0.4, -0.2) is 111 Å². The van der Waals surface area contributed by atoms with Crippen LogP contribution in [0.4, 0.5) is 16.2 Å². The fourth-order valence-corrected chi connectivity index (χ4v) is 9.64. The summed E-state index contributed by atoms with van der Waals surface area (Å²) in [7, 11) is 2.88. The molecule has 0 radical (unpaired) electrons. The Bertz CT molecular complexity index is 2520. The molecule has 18 nitrogen and oxygen atoms in total. The number of benzene rings is 3. The van der Waals surface area contributed by atoms with E-state index >= 15 is 0 Å². The number of aryl methyl sites for hydroxylation is 1. The van der Waals surface area contributed by atoms with Crippen LogP contribution in [0, 0.1) is 5.92 Å². The number of ether oxygens (including phenoxy) is 3. The highest BCUT2D eigenvalue weighted by Gasteiger charge is 2.24. The molecule has 4 aromatic rings. The molecule has 0 fully saturated rings. The number of carbonyl (C=O) groups excluding carboxylic acids is 4. The summed E-state index contributed by atoms with van der Waals surface area (Å²) in [6.45, 7) is 4.35. The van der Waals surface area contributed by atoms with Gasteiger partial charge in [-0.1, -0.05) is 148 Å². The van der Waals surface area contributed by atoms with Crippen molar-refractivity contribution in [2.75, 3.05) is 77.5 Å². The molecular formula is C61H94N7O11P. The van der Waals surface area contributed by atoms with Crippen molar-refractivity contribution >= 4 is 60.0 Å². The molecule has 80 heavy (non-hydrogen) atoms. The average Bonchev–Trinajstić information content (AvgIpc) is 3.75. The van der Waals surface area contributed by atoms with Crippen molar-refractivity contribution < 1.29 is 56.4 Å². The number of carbonyl (C=O) groups is 4. The molecule has 0 bridgehead atoms.